The lowest BCUT2D eigenvalue weighted by Gasteiger charge is -2.07. The van der Waals surface area contributed by atoms with Gasteiger partial charge in [0.05, 0.1) is 13.7 Å². The number of nitrogens with one attached hydrogen (secondary N) is 1. The van der Waals surface area contributed by atoms with Crippen LogP contribution in [0.5, 0.6) is 5.75 Å². The van der Waals surface area contributed by atoms with E-state index in [0.29, 0.717) is 34.6 Å². The van der Waals surface area contributed by atoms with Gasteiger partial charge in [-0.1, -0.05) is 41.6 Å². The second kappa shape index (κ2) is 9.38. The second-order valence-electron chi connectivity index (χ2n) is 5.62. The third-order valence-electron chi connectivity index (χ3n) is 3.66. The van der Waals surface area contributed by atoms with Crippen LogP contribution in [0.3, 0.4) is 0 Å². The number of thioether (sulfide) groups is 1. The minimum Gasteiger partial charge on any atom is -0.497 e. The fourth-order valence-corrected chi connectivity index (χ4v) is 3.33. The summed E-state index contributed by atoms with van der Waals surface area (Å²) in [6.07, 6.45) is 0.340. The quantitative estimate of drug-likeness (QED) is 0.579. The van der Waals surface area contributed by atoms with Gasteiger partial charge in [0.1, 0.15) is 5.75 Å². The summed E-state index contributed by atoms with van der Waals surface area (Å²) in [6, 6.07) is 14.8. The van der Waals surface area contributed by atoms with Gasteiger partial charge in [0.15, 0.2) is 0 Å². The summed E-state index contributed by atoms with van der Waals surface area (Å²) in [4.78, 5) is 12.1. The minimum atomic E-state index is -0.0843. The van der Waals surface area contributed by atoms with Crippen LogP contribution in [0.4, 0.5) is 5.69 Å². The first-order chi connectivity index (χ1) is 13.1. The van der Waals surface area contributed by atoms with E-state index < -0.39 is 0 Å². The number of amides is 1. The summed E-state index contributed by atoms with van der Waals surface area (Å²) < 4.78 is 6.87. The van der Waals surface area contributed by atoms with Gasteiger partial charge < -0.3 is 10.1 Å². The van der Waals surface area contributed by atoms with Crippen molar-refractivity contribution in [3.63, 3.8) is 0 Å². The minimum absolute atomic E-state index is 0.0843. The maximum atomic E-state index is 12.1. The van der Waals surface area contributed by atoms with E-state index in [0.717, 1.165) is 11.3 Å². The Balaban J connectivity index is 1.50. The van der Waals surface area contributed by atoms with E-state index in [1.807, 2.05) is 24.3 Å². The monoisotopic (exact) mass is 403 g/mol. The molecule has 0 atom stereocenters. The average Bonchev–Trinajstić information content (AvgIpc) is 3.09. The fourth-order valence-electron chi connectivity index (χ4n) is 2.33. The number of halogens is 1. The van der Waals surface area contributed by atoms with E-state index in [4.69, 9.17) is 16.3 Å². The standard InChI is InChI=1S/C18H18ClN5O2S/c1-26-16-7-5-13(6-8-16)12-24-18(21-22-23-24)27-10-9-17(25)20-15-4-2-3-14(19)11-15/h2-8,11H,9-10,12H2,1H3,(H,20,25). The van der Waals surface area contributed by atoms with Gasteiger partial charge in [0, 0.05) is 22.9 Å². The Hall–Kier alpha value is -2.58. The van der Waals surface area contributed by atoms with Gasteiger partial charge in [-0.3, -0.25) is 4.79 Å². The molecule has 0 bridgehead atoms. The fraction of sp³-hybridized carbons (Fsp3) is 0.222. The maximum Gasteiger partial charge on any atom is 0.225 e. The summed E-state index contributed by atoms with van der Waals surface area (Å²) in [7, 11) is 1.63. The molecule has 0 saturated carbocycles. The molecule has 0 fully saturated rings. The Bertz CT molecular complexity index is 901. The molecule has 1 aromatic heterocycles. The molecule has 0 saturated heterocycles. The highest BCUT2D eigenvalue weighted by molar-refractivity contribution is 7.99. The summed E-state index contributed by atoms with van der Waals surface area (Å²) in [5, 5.41) is 15.8. The van der Waals surface area contributed by atoms with E-state index in [1.54, 1.807) is 36.1 Å². The van der Waals surface area contributed by atoms with E-state index in [2.05, 4.69) is 20.8 Å². The van der Waals surface area contributed by atoms with Crippen LogP contribution in [-0.4, -0.2) is 39.0 Å². The van der Waals surface area contributed by atoms with E-state index in [-0.39, 0.29) is 5.91 Å². The first-order valence-corrected chi connectivity index (χ1v) is 9.58. The van der Waals surface area contributed by atoms with Crippen LogP contribution in [0.1, 0.15) is 12.0 Å². The summed E-state index contributed by atoms with van der Waals surface area (Å²) in [6.45, 7) is 0.550. The van der Waals surface area contributed by atoms with Crippen molar-refractivity contribution in [2.45, 2.75) is 18.1 Å². The average molecular weight is 404 g/mol. The van der Waals surface area contributed by atoms with Gasteiger partial charge in [-0.15, -0.1) is 5.10 Å². The number of tetrazole rings is 1. The summed E-state index contributed by atoms with van der Waals surface area (Å²) in [5.74, 6) is 1.28. The molecule has 3 aromatic rings. The SMILES string of the molecule is COc1ccc(Cn2nnnc2SCCC(=O)Nc2cccc(Cl)c2)cc1. The predicted molar refractivity (Wildman–Crippen MR) is 105 cm³/mol. The van der Waals surface area contributed by atoms with Crippen LogP contribution in [0.2, 0.25) is 5.02 Å². The zero-order valence-corrected chi connectivity index (χ0v) is 16.2. The lowest BCUT2D eigenvalue weighted by atomic mass is 10.2. The molecular formula is C18H18ClN5O2S. The number of hydrogen-bond acceptors (Lipinski definition) is 6. The van der Waals surface area contributed by atoms with Crippen LogP contribution in [-0.2, 0) is 11.3 Å². The Kier molecular flexibility index (Phi) is 6.67. The van der Waals surface area contributed by atoms with E-state index in [1.165, 1.54) is 11.8 Å². The molecule has 1 amide bonds. The van der Waals surface area contributed by atoms with Crippen molar-refractivity contribution in [2.24, 2.45) is 0 Å². The van der Waals surface area contributed by atoms with Crippen molar-refractivity contribution in [1.29, 1.82) is 0 Å². The highest BCUT2D eigenvalue weighted by Gasteiger charge is 2.10. The molecule has 7 nitrogen and oxygen atoms in total. The van der Waals surface area contributed by atoms with Crippen molar-refractivity contribution < 1.29 is 9.53 Å². The van der Waals surface area contributed by atoms with Crippen LogP contribution >= 0.6 is 23.4 Å². The van der Waals surface area contributed by atoms with E-state index >= 15 is 0 Å². The Morgan fingerprint density at radius 1 is 1.26 bits per heavy atom. The van der Waals surface area contributed by atoms with Gasteiger partial charge in [-0.25, -0.2) is 4.68 Å². The molecule has 2 aromatic carbocycles. The molecule has 140 valence electrons. The number of aromatic nitrogens is 4. The van der Waals surface area contributed by atoms with Crippen molar-refractivity contribution in [1.82, 2.24) is 20.2 Å². The van der Waals surface area contributed by atoms with Gasteiger partial charge >= 0.3 is 0 Å². The number of hydrogen-bond donors (Lipinski definition) is 1. The van der Waals surface area contributed by atoms with E-state index in [9.17, 15) is 4.79 Å². The zero-order chi connectivity index (χ0) is 19.1. The summed E-state index contributed by atoms with van der Waals surface area (Å²) in [5.41, 5.74) is 1.74. The molecule has 0 aliphatic carbocycles. The topological polar surface area (TPSA) is 81.9 Å². The number of carbonyl (C=O) groups is 1. The van der Waals surface area contributed by atoms with Gasteiger partial charge in [0.25, 0.3) is 0 Å². The van der Waals surface area contributed by atoms with Crippen molar-refractivity contribution in [3.8, 4) is 5.75 Å². The molecule has 1 heterocycles. The Morgan fingerprint density at radius 2 is 2.07 bits per heavy atom. The van der Waals surface area contributed by atoms with Gasteiger partial charge in [-0.05, 0) is 46.3 Å². The molecule has 27 heavy (non-hydrogen) atoms. The molecule has 0 aliphatic heterocycles. The van der Waals surface area contributed by atoms with Crippen molar-refractivity contribution in [3.05, 3.63) is 59.1 Å². The lowest BCUT2D eigenvalue weighted by Crippen LogP contribution is -2.12. The van der Waals surface area contributed by atoms with Crippen molar-refractivity contribution in [2.75, 3.05) is 18.2 Å². The van der Waals surface area contributed by atoms with Crippen LogP contribution in [0, 0.1) is 0 Å². The first kappa shape index (κ1) is 19.2. The number of nitrogens with zero attached hydrogens (tertiary/aromatic N) is 4. The number of rotatable bonds is 8. The predicted octanol–water partition coefficient (Wildman–Crippen LogP) is 3.50. The third-order valence-corrected chi connectivity index (χ3v) is 4.85. The number of anilines is 1. The number of carbonyl (C=O) groups excluding carboxylic acids is 1. The molecule has 3 rings (SSSR count). The summed E-state index contributed by atoms with van der Waals surface area (Å²) >= 11 is 7.35. The molecule has 0 unspecified atom stereocenters. The lowest BCUT2D eigenvalue weighted by molar-refractivity contribution is -0.115. The third kappa shape index (κ3) is 5.70. The van der Waals surface area contributed by atoms with Gasteiger partial charge in [0.2, 0.25) is 11.1 Å². The largest absolute Gasteiger partial charge is 0.497 e. The smallest absolute Gasteiger partial charge is 0.225 e. The maximum absolute atomic E-state index is 12.1. The van der Waals surface area contributed by atoms with Gasteiger partial charge in [-0.2, -0.15) is 0 Å². The molecular weight excluding hydrogens is 386 g/mol. The zero-order valence-electron chi connectivity index (χ0n) is 14.6. The number of ether oxygens (including phenoxy) is 1. The highest BCUT2D eigenvalue weighted by atomic mass is 35.5. The second-order valence-corrected chi connectivity index (χ2v) is 7.12. The van der Waals surface area contributed by atoms with Crippen LogP contribution in [0.15, 0.2) is 53.7 Å². The molecule has 9 heteroatoms. The molecule has 1 N–H and O–H groups in total. The van der Waals surface area contributed by atoms with Crippen LogP contribution < -0.4 is 10.1 Å². The van der Waals surface area contributed by atoms with Crippen LogP contribution in [0.25, 0.3) is 0 Å². The van der Waals surface area contributed by atoms with Crippen molar-refractivity contribution >= 4 is 35.0 Å². The molecule has 0 radical (unpaired) electrons. The molecule has 0 aliphatic rings. The Morgan fingerprint density at radius 3 is 2.81 bits per heavy atom. The molecule has 0 spiro atoms. The number of benzene rings is 2. The normalized spacial score (nSPS) is 10.6. The first-order valence-electron chi connectivity index (χ1n) is 8.21. The number of methoxy groups -OCH3 is 1. The Labute approximate surface area is 166 Å². The highest BCUT2D eigenvalue weighted by Crippen LogP contribution is 2.19.